The first-order valence-electron chi connectivity index (χ1n) is 7.17. The fourth-order valence-corrected chi connectivity index (χ4v) is 3.82. The molecule has 1 aliphatic heterocycles. The van der Waals surface area contributed by atoms with Crippen molar-refractivity contribution in [2.75, 3.05) is 19.7 Å². The van der Waals surface area contributed by atoms with Crippen LogP contribution >= 0.6 is 0 Å². The third-order valence-electron chi connectivity index (χ3n) is 3.63. The van der Waals surface area contributed by atoms with Gasteiger partial charge in [0, 0.05) is 18.6 Å². The number of nitrogens with one attached hydrogen (secondary N) is 1. The number of carbonyl (C=O) groups is 1. The molecule has 1 rings (SSSR count). The second kappa shape index (κ2) is 6.87. The fourth-order valence-electron chi connectivity index (χ4n) is 2.10. The van der Waals surface area contributed by atoms with E-state index in [0.717, 1.165) is 0 Å². The predicted molar refractivity (Wildman–Crippen MR) is 77.4 cm³/mol. The van der Waals surface area contributed by atoms with Gasteiger partial charge in [-0.15, -0.1) is 0 Å². The van der Waals surface area contributed by atoms with Crippen LogP contribution in [0.5, 0.6) is 0 Å². The first-order valence-corrected chi connectivity index (χ1v) is 8.61. The van der Waals surface area contributed by atoms with Crippen LogP contribution in [0, 0.1) is 5.92 Å². The molecule has 1 N–H and O–H groups in total. The Bertz CT molecular complexity index is 434. The Balaban J connectivity index is 2.73. The van der Waals surface area contributed by atoms with Crippen LogP contribution in [0.4, 0.5) is 0 Å². The molecule has 1 saturated heterocycles. The van der Waals surface area contributed by atoms with Gasteiger partial charge in [-0.25, -0.2) is 0 Å². The maximum Gasteiger partial charge on any atom is 0.310 e. The summed E-state index contributed by atoms with van der Waals surface area (Å²) in [7, 11) is -3.56. The van der Waals surface area contributed by atoms with Gasteiger partial charge in [-0.2, -0.15) is 17.4 Å². The first kappa shape index (κ1) is 17.4. The van der Waals surface area contributed by atoms with Crippen LogP contribution in [0.1, 0.15) is 47.0 Å². The predicted octanol–water partition coefficient (Wildman–Crippen LogP) is 1.28. The molecular weight excluding hydrogens is 280 g/mol. The molecule has 0 saturated carbocycles. The number of nitrogens with zero attached hydrogens (tertiary/aromatic N) is 1. The number of hydrogen-bond acceptors (Lipinski definition) is 4. The lowest BCUT2D eigenvalue weighted by atomic mass is 10.0. The molecule has 1 atom stereocenters. The number of hydrogen-bond donors (Lipinski definition) is 1. The van der Waals surface area contributed by atoms with Gasteiger partial charge in [0.1, 0.15) is 0 Å². The summed E-state index contributed by atoms with van der Waals surface area (Å²) in [6.07, 6.45) is 2.06. The normalized spacial score (nSPS) is 21.7. The zero-order valence-corrected chi connectivity index (χ0v) is 13.6. The zero-order valence-electron chi connectivity index (χ0n) is 12.8. The Kier molecular flexibility index (Phi) is 5.97. The molecule has 0 aromatic heterocycles. The minimum Gasteiger partial charge on any atom is -0.466 e. The molecule has 0 spiro atoms. The van der Waals surface area contributed by atoms with Gasteiger partial charge in [0.15, 0.2) is 0 Å². The highest BCUT2D eigenvalue weighted by atomic mass is 32.2. The third-order valence-corrected chi connectivity index (χ3v) is 5.46. The Morgan fingerprint density at radius 3 is 2.60 bits per heavy atom. The summed E-state index contributed by atoms with van der Waals surface area (Å²) in [6, 6.07) is 0. The number of piperidine rings is 1. The van der Waals surface area contributed by atoms with E-state index in [1.165, 1.54) is 4.31 Å². The van der Waals surface area contributed by atoms with Gasteiger partial charge >= 0.3 is 5.97 Å². The topological polar surface area (TPSA) is 75.7 Å². The molecule has 118 valence electrons. The maximum atomic E-state index is 12.3. The van der Waals surface area contributed by atoms with Crippen LogP contribution in [0.25, 0.3) is 0 Å². The summed E-state index contributed by atoms with van der Waals surface area (Å²) < 4.78 is 33.7. The van der Waals surface area contributed by atoms with E-state index in [4.69, 9.17) is 4.74 Å². The zero-order chi connectivity index (χ0) is 15.4. The second-order valence-electron chi connectivity index (χ2n) is 5.79. The highest BCUT2D eigenvalue weighted by Gasteiger charge is 2.35. The van der Waals surface area contributed by atoms with Gasteiger partial charge in [-0.3, -0.25) is 4.79 Å². The van der Waals surface area contributed by atoms with Crippen molar-refractivity contribution in [1.82, 2.24) is 9.03 Å². The van der Waals surface area contributed by atoms with E-state index in [9.17, 15) is 13.2 Å². The van der Waals surface area contributed by atoms with Crippen LogP contribution in [-0.4, -0.2) is 43.9 Å². The molecule has 0 bridgehead atoms. The van der Waals surface area contributed by atoms with E-state index in [-0.39, 0.29) is 18.4 Å². The Morgan fingerprint density at radius 2 is 2.05 bits per heavy atom. The summed E-state index contributed by atoms with van der Waals surface area (Å²) >= 11 is 0. The van der Waals surface area contributed by atoms with Gasteiger partial charge in [0.05, 0.1) is 12.5 Å². The number of rotatable bonds is 6. The van der Waals surface area contributed by atoms with E-state index in [2.05, 4.69) is 4.72 Å². The SMILES string of the molecule is CCOC(=O)[C@H]1CCCN(S(=O)(=O)NC(C)(C)CC)C1. The van der Waals surface area contributed by atoms with Crippen LogP contribution in [-0.2, 0) is 19.7 Å². The summed E-state index contributed by atoms with van der Waals surface area (Å²) in [5, 5.41) is 0. The average molecular weight is 306 g/mol. The Morgan fingerprint density at radius 1 is 1.40 bits per heavy atom. The van der Waals surface area contributed by atoms with Gasteiger partial charge in [0.2, 0.25) is 0 Å². The molecule has 0 aliphatic carbocycles. The molecule has 0 unspecified atom stereocenters. The van der Waals surface area contributed by atoms with Crippen molar-refractivity contribution in [2.24, 2.45) is 5.92 Å². The lowest BCUT2D eigenvalue weighted by Crippen LogP contribution is -2.53. The summed E-state index contributed by atoms with van der Waals surface area (Å²) in [6.45, 7) is 8.34. The third kappa shape index (κ3) is 4.71. The molecule has 0 aromatic carbocycles. The minimum absolute atomic E-state index is 0.202. The van der Waals surface area contributed by atoms with Crippen LogP contribution < -0.4 is 4.72 Å². The van der Waals surface area contributed by atoms with Crippen LogP contribution in [0.3, 0.4) is 0 Å². The molecule has 0 amide bonds. The van der Waals surface area contributed by atoms with Crippen LogP contribution in [0.2, 0.25) is 0 Å². The molecule has 6 nitrogen and oxygen atoms in total. The first-order chi connectivity index (χ1) is 9.22. The minimum atomic E-state index is -3.56. The largest absolute Gasteiger partial charge is 0.466 e. The van der Waals surface area contributed by atoms with Crippen molar-refractivity contribution in [3.05, 3.63) is 0 Å². The van der Waals surface area contributed by atoms with Crippen molar-refractivity contribution in [3.8, 4) is 0 Å². The van der Waals surface area contributed by atoms with E-state index in [1.807, 2.05) is 20.8 Å². The van der Waals surface area contributed by atoms with E-state index in [0.29, 0.717) is 32.4 Å². The van der Waals surface area contributed by atoms with Crippen molar-refractivity contribution in [2.45, 2.75) is 52.5 Å². The van der Waals surface area contributed by atoms with E-state index < -0.39 is 15.7 Å². The molecule has 1 aliphatic rings. The molecule has 0 aromatic rings. The second-order valence-corrected chi connectivity index (χ2v) is 7.46. The van der Waals surface area contributed by atoms with Crippen molar-refractivity contribution >= 4 is 16.2 Å². The van der Waals surface area contributed by atoms with Gasteiger partial charge in [-0.1, -0.05) is 6.92 Å². The van der Waals surface area contributed by atoms with Crippen molar-refractivity contribution in [3.63, 3.8) is 0 Å². The molecule has 7 heteroatoms. The van der Waals surface area contributed by atoms with Crippen LogP contribution in [0.15, 0.2) is 0 Å². The number of esters is 1. The van der Waals surface area contributed by atoms with E-state index >= 15 is 0 Å². The monoisotopic (exact) mass is 306 g/mol. The van der Waals surface area contributed by atoms with E-state index in [1.54, 1.807) is 6.92 Å². The summed E-state index contributed by atoms with van der Waals surface area (Å²) in [4.78, 5) is 11.7. The standard InChI is InChI=1S/C13H26N2O4S/c1-5-13(3,4)14-20(17,18)15-9-7-8-11(10-15)12(16)19-6-2/h11,14H,5-10H2,1-4H3/t11-/m0/s1. The fraction of sp³-hybridized carbons (Fsp3) is 0.923. The van der Waals surface area contributed by atoms with Gasteiger partial charge in [-0.05, 0) is 40.0 Å². The summed E-state index contributed by atoms with van der Waals surface area (Å²) in [5.41, 5.74) is -0.490. The van der Waals surface area contributed by atoms with Gasteiger partial charge < -0.3 is 4.74 Å². The highest BCUT2D eigenvalue weighted by molar-refractivity contribution is 7.87. The van der Waals surface area contributed by atoms with Gasteiger partial charge in [0.25, 0.3) is 10.2 Å². The number of ether oxygens (including phenoxy) is 1. The average Bonchev–Trinajstić information content (AvgIpc) is 2.38. The lowest BCUT2D eigenvalue weighted by molar-refractivity contribution is -0.149. The molecule has 1 heterocycles. The Hall–Kier alpha value is -0.660. The van der Waals surface area contributed by atoms with Crippen molar-refractivity contribution < 1.29 is 17.9 Å². The smallest absolute Gasteiger partial charge is 0.310 e. The molecule has 20 heavy (non-hydrogen) atoms. The lowest BCUT2D eigenvalue weighted by Gasteiger charge is -2.34. The van der Waals surface area contributed by atoms with Crippen molar-refractivity contribution in [1.29, 1.82) is 0 Å². The molecule has 0 radical (unpaired) electrons. The number of carbonyl (C=O) groups excluding carboxylic acids is 1. The highest BCUT2D eigenvalue weighted by Crippen LogP contribution is 2.21. The molecular formula is C13H26N2O4S. The quantitative estimate of drug-likeness (QED) is 0.750. The maximum absolute atomic E-state index is 12.3. The summed E-state index contributed by atoms with van der Waals surface area (Å²) in [5.74, 6) is -0.660. The molecule has 1 fully saturated rings. The Labute approximate surface area is 122 Å².